The van der Waals surface area contributed by atoms with E-state index in [0.717, 1.165) is 6.07 Å². The molecule has 0 aliphatic heterocycles. The highest BCUT2D eigenvalue weighted by Gasteiger charge is 2.33. The molecular weight excluding hydrogens is 262 g/mol. The quantitative estimate of drug-likeness (QED) is 0.760. The number of anilines is 1. The monoisotopic (exact) mass is 275 g/mol. The van der Waals surface area contributed by atoms with Gasteiger partial charge in [-0.15, -0.1) is 0 Å². The zero-order valence-electron chi connectivity index (χ0n) is 11.2. The third-order valence-corrected chi connectivity index (χ3v) is 3.03. The molecule has 0 aromatic heterocycles. The molecule has 0 spiro atoms. The molecule has 0 heterocycles. The lowest BCUT2D eigenvalue weighted by molar-refractivity contribution is -0.137. The molecule has 0 aliphatic carbocycles. The molecule has 0 unspecified atom stereocenters. The summed E-state index contributed by atoms with van der Waals surface area (Å²) in [6.45, 7) is 0. The Kier molecular flexibility index (Phi) is 3.79. The summed E-state index contributed by atoms with van der Waals surface area (Å²) in [6.07, 6.45) is -4.39. The maximum atomic E-state index is 13.1. The number of halogens is 3. The van der Waals surface area contributed by atoms with Gasteiger partial charge in [0, 0.05) is 25.3 Å². The predicted molar refractivity (Wildman–Crippen MR) is 76.6 cm³/mol. The Morgan fingerprint density at radius 3 is 2.20 bits per heavy atom. The fourth-order valence-corrected chi connectivity index (χ4v) is 2.11. The standard InChI is InChI=1S/C15H13BF3N/c1-20(2)14-9-10(16)7-8-12(14)11-5-3-4-6-13(11)15(17,18)19/h3-9H,1-2H3. The summed E-state index contributed by atoms with van der Waals surface area (Å²) in [6, 6.07) is 10.4. The Morgan fingerprint density at radius 1 is 0.950 bits per heavy atom. The molecule has 0 fully saturated rings. The van der Waals surface area contributed by atoms with Crippen LogP contribution in [-0.2, 0) is 6.18 Å². The van der Waals surface area contributed by atoms with Crippen molar-refractivity contribution in [2.45, 2.75) is 6.18 Å². The van der Waals surface area contributed by atoms with Crippen molar-refractivity contribution in [2.24, 2.45) is 0 Å². The molecule has 0 saturated heterocycles. The van der Waals surface area contributed by atoms with E-state index in [2.05, 4.69) is 0 Å². The van der Waals surface area contributed by atoms with Gasteiger partial charge in [0.25, 0.3) is 0 Å². The third kappa shape index (κ3) is 2.81. The van der Waals surface area contributed by atoms with E-state index in [1.165, 1.54) is 12.1 Å². The van der Waals surface area contributed by atoms with Crippen LogP contribution >= 0.6 is 0 Å². The summed E-state index contributed by atoms with van der Waals surface area (Å²) in [7, 11) is 9.26. The van der Waals surface area contributed by atoms with Crippen LogP contribution in [0.5, 0.6) is 0 Å². The van der Waals surface area contributed by atoms with Crippen LogP contribution in [0.25, 0.3) is 11.1 Å². The summed E-state index contributed by atoms with van der Waals surface area (Å²) in [5, 5.41) is 0. The zero-order valence-corrected chi connectivity index (χ0v) is 11.2. The first-order chi connectivity index (χ1) is 9.30. The summed E-state index contributed by atoms with van der Waals surface area (Å²) < 4.78 is 39.3. The second kappa shape index (κ2) is 5.23. The van der Waals surface area contributed by atoms with E-state index in [1.807, 2.05) is 0 Å². The highest BCUT2D eigenvalue weighted by molar-refractivity contribution is 6.32. The van der Waals surface area contributed by atoms with Crippen LogP contribution in [0.3, 0.4) is 0 Å². The molecule has 2 aromatic carbocycles. The molecule has 2 radical (unpaired) electrons. The zero-order chi connectivity index (χ0) is 14.9. The van der Waals surface area contributed by atoms with Crippen LogP contribution in [0.1, 0.15) is 5.56 Å². The maximum Gasteiger partial charge on any atom is 0.417 e. The number of hydrogen-bond acceptors (Lipinski definition) is 1. The first kappa shape index (κ1) is 14.5. The van der Waals surface area contributed by atoms with Crippen LogP contribution in [0.2, 0.25) is 0 Å². The van der Waals surface area contributed by atoms with Crippen LogP contribution in [0, 0.1) is 0 Å². The Bertz CT molecular complexity index is 621. The average molecular weight is 275 g/mol. The molecule has 1 nitrogen and oxygen atoms in total. The van der Waals surface area contributed by atoms with Gasteiger partial charge in [0.15, 0.2) is 0 Å². The largest absolute Gasteiger partial charge is 0.417 e. The van der Waals surface area contributed by atoms with Crippen molar-refractivity contribution >= 4 is 19.0 Å². The average Bonchev–Trinajstić information content (AvgIpc) is 2.37. The first-order valence-corrected chi connectivity index (χ1v) is 6.04. The van der Waals surface area contributed by atoms with Crippen molar-refractivity contribution < 1.29 is 13.2 Å². The van der Waals surface area contributed by atoms with Gasteiger partial charge in [0.1, 0.15) is 7.85 Å². The lowest BCUT2D eigenvalue weighted by Crippen LogP contribution is -2.15. The topological polar surface area (TPSA) is 3.24 Å². The normalized spacial score (nSPS) is 11.4. The van der Waals surface area contributed by atoms with Gasteiger partial charge in [-0.25, -0.2) is 0 Å². The van der Waals surface area contributed by atoms with E-state index in [0.29, 0.717) is 16.7 Å². The van der Waals surface area contributed by atoms with Gasteiger partial charge in [-0.3, -0.25) is 0 Å². The molecule has 20 heavy (non-hydrogen) atoms. The Hall–Kier alpha value is -1.91. The van der Waals surface area contributed by atoms with Gasteiger partial charge in [0.2, 0.25) is 0 Å². The van der Waals surface area contributed by atoms with Crippen molar-refractivity contribution in [3.8, 4) is 11.1 Å². The summed E-state index contributed by atoms with van der Waals surface area (Å²) in [5.41, 5.74) is 1.19. The maximum absolute atomic E-state index is 13.1. The summed E-state index contributed by atoms with van der Waals surface area (Å²) in [4.78, 5) is 1.75. The third-order valence-electron chi connectivity index (χ3n) is 3.03. The van der Waals surface area contributed by atoms with E-state index in [-0.39, 0.29) is 5.56 Å². The molecular formula is C15H13BF3N. The van der Waals surface area contributed by atoms with Gasteiger partial charge >= 0.3 is 6.18 Å². The molecule has 2 rings (SSSR count). The summed E-state index contributed by atoms with van der Waals surface area (Å²) in [5.74, 6) is 0. The minimum atomic E-state index is -4.39. The highest BCUT2D eigenvalue weighted by atomic mass is 19.4. The molecule has 0 atom stereocenters. The smallest absolute Gasteiger partial charge is 0.377 e. The molecule has 0 saturated carbocycles. The van der Waals surface area contributed by atoms with Gasteiger partial charge in [-0.05, 0) is 17.7 Å². The Balaban J connectivity index is 2.70. The van der Waals surface area contributed by atoms with Crippen molar-refractivity contribution in [3.63, 3.8) is 0 Å². The molecule has 102 valence electrons. The predicted octanol–water partition coefficient (Wildman–Crippen LogP) is 3.23. The number of rotatable bonds is 2. The van der Waals surface area contributed by atoms with Crippen molar-refractivity contribution in [3.05, 3.63) is 48.0 Å². The lowest BCUT2D eigenvalue weighted by atomic mass is 9.90. The Morgan fingerprint density at radius 2 is 1.60 bits per heavy atom. The van der Waals surface area contributed by atoms with Crippen LogP contribution < -0.4 is 10.4 Å². The number of hydrogen-bond donors (Lipinski definition) is 0. The van der Waals surface area contributed by atoms with Crippen LogP contribution in [0.15, 0.2) is 42.5 Å². The van der Waals surface area contributed by atoms with Gasteiger partial charge in [-0.2, -0.15) is 13.2 Å². The molecule has 0 aliphatic rings. The molecule has 5 heteroatoms. The van der Waals surface area contributed by atoms with E-state index >= 15 is 0 Å². The molecule has 2 aromatic rings. The SMILES string of the molecule is [B]c1ccc(-c2ccccc2C(F)(F)F)c(N(C)C)c1. The number of nitrogens with zero attached hydrogens (tertiary/aromatic N) is 1. The first-order valence-electron chi connectivity index (χ1n) is 6.04. The molecule has 0 bridgehead atoms. The van der Waals surface area contributed by atoms with Gasteiger partial charge in [0.05, 0.1) is 5.56 Å². The van der Waals surface area contributed by atoms with E-state index in [4.69, 9.17) is 7.85 Å². The minimum absolute atomic E-state index is 0.156. The van der Waals surface area contributed by atoms with Crippen molar-refractivity contribution in [1.82, 2.24) is 0 Å². The summed E-state index contributed by atoms with van der Waals surface area (Å²) >= 11 is 0. The van der Waals surface area contributed by atoms with Crippen LogP contribution in [-0.4, -0.2) is 21.9 Å². The van der Waals surface area contributed by atoms with Crippen LogP contribution in [0.4, 0.5) is 18.9 Å². The molecule has 0 amide bonds. The minimum Gasteiger partial charge on any atom is -0.377 e. The van der Waals surface area contributed by atoms with E-state index < -0.39 is 11.7 Å². The van der Waals surface area contributed by atoms with E-state index in [9.17, 15) is 13.2 Å². The van der Waals surface area contributed by atoms with Gasteiger partial charge < -0.3 is 4.90 Å². The lowest BCUT2D eigenvalue weighted by Gasteiger charge is -2.21. The van der Waals surface area contributed by atoms with Gasteiger partial charge in [-0.1, -0.05) is 35.8 Å². The van der Waals surface area contributed by atoms with Crippen molar-refractivity contribution in [1.29, 1.82) is 0 Å². The highest BCUT2D eigenvalue weighted by Crippen LogP contribution is 2.39. The van der Waals surface area contributed by atoms with E-state index in [1.54, 1.807) is 43.3 Å². The molecule has 0 N–H and O–H groups in total. The fourth-order valence-electron chi connectivity index (χ4n) is 2.11. The number of alkyl halides is 3. The Labute approximate surface area is 117 Å². The fraction of sp³-hybridized carbons (Fsp3) is 0.200. The number of benzene rings is 2. The van der Waals surface area contributed by atoms with Crippen molar-refractivity contribution in [2.75, 3.05) is 19.0 Å². The second-order valence-corrected chi connectivity index (χ2v) is 4.71. The second-order valence-electron chi connectivity index (χ2n) is 4.71.